The van der Waals surface area contributed by atoms with Crippen LogP contribution in [-0.4, -0.2) is 42.9 Å². The van der Waals surface area contributed by atoms with Gasteiger partial charge in [-0.1, -0.05) is 35.9 Å². The molecule has 5 nitrogen and oxygen atoms in total. The van der Waals surface area contributed by atoms with E-state index in [2.05, 4.69) is 10.2 Å². The highest BCUT2D eigenvalue weighted by atomic mass is 35.5. The number of anilines is 2. The van der Waals surface area contributed by atoms with Gasteiger partial charge >= 0.3 is 0 Å². The van der Waals surface area contributed by atoms with Crippen LogP contribution in [0.3, 0.4) is 0 Å². The maximum atomic E-state index is 12.8. The number of amides is 2. The van der Waals surface area contributed by atoms with E-state index in [0.717, 1.165) is 16.8 Å². The van der Waals surface area contributed by atoms with E-state index in [0.29, 0.717) is 41.8 Å². The Balaban J connectivity index is 1.39. The minimum absolute atomic E-state index is 0.0745. The standard InChI is InChI=1S/C23H22ClN3O2S/c1-16-5-2-3-6-18(16)23(29)27-12-10-26(11-13-27)20-9-8-17(15-19(20)24)25-22(28)21-7-4-14-30-21/h2-9,14-15H,10-13H2,1H3,(H,25,28). The summed E-state index contributed by atoms with van der Waals surface area (Å²) < 4.78 is 0. The third kappa shape index (κ3) is 4.35. The summed E-state index contributed by atoms with van der Waals surface area (Å²) in [5, 5.41) is 5.33. The number of aryl methyl sites for hydroxylation is 1. The highest BCUT2D eigenvalue weighted by Crippen LogP contribution is 2.30. The minimum Gasteiger partial charge on any atom is -0.367 e. The van der Waals surface area contributed by atoms with E-state index < -0.39 is 0 Å². The van der Waals surface area contributed by atoms with Crippen LogP contribution >= 0.6 is 22.9 Å². The van der Waals surface area contributed by atoms with Crippen molar-refractivity contribution >= 4 is 46.1 Å². The van der Waals surface area contributed by atoms with Gasteiger partial charge in [0, 0.05) is 37.4 Å². The van der Waals surface area contributed by atoms with Crippen LogP contribution in [0, 0.1) is 6.92 Å². The molecule has 7 heteroatoms. The molecule has 1 N–H and O–H groups in total. The Morgan fingerprint density at radius 3 is 2.43 bits per heavy atom. The molecule has 1 aromatic heterocycles. The number of hydrogen-bond acceptors (Lipinski definition) is 4. The van der Waals surface area contributed by atoms with E-state index in [-0.39, 0.29) is 11.8 Å². The monoisotopic (exact) mass is 439 g/mol. The van der Waals surface area contributed by atoms with Gasteiger partial charge < -0.3 is 15.1 Å². The van der Waals surface area contributed by atoms with Gasteiger partial charge in [0.1, 0.15) is 0 Å². The van der Waals surface area contributed by atoms with Crippen molar-refractivity contribution in [1.29, 1.82) is 0 Å². The number of halogens is 1. The Labute approximate surface area is 184 Å². The number of carbonyl (C=O) groups is 2. The number of piperazine rings is 1. The SMILES string of the molecule is Cc1ccccc1C(=O)N1CCN(c2ccc(NC(=O)c3cccs3)cc2Cl)CC1. The van der Waals surface area contributed by atoms with Gasteiger partial charge in [0.2, 0.25) is 0 Å². The molecule has 4 rings (SSSR count). The molecule has 2 aromatic carbocycles. The summed E-state index contributed by atoms with van der Waals surface area (Å²) in [6, 6.07) is 16.9. The fraction of sp³-hybridized carbons (Fsp3) is 0.217. The second-order valence-electron chi connectivity index (χ2n) is 7.19. The van der Waals surface area contributed by atoms with Gasteiger partial charge in [-0.25, -0.2) is 0 Å². The molecule has 154 valence electrons. The van der Waals surface area contributed by atoms with Crippen molar-refractivity contribution in [1.82, 2.24) is 4.90 Å². The van der Waals surface area contributed by atoms with Crippen LogP contribution in [0.5, 0.6) is 0 Å². The van der Waals surface area contributed by atoms with Crippen LogP contribution < -0.4 is 10.2 Å². The van der Waals surface area contributed by atoms with E-state index in [1.54, 1.807) is 12.1 Å². The Hall–Kier alpha value is -2.83. The second kappa shape index (κ2) is 8.90. The zero-order valence-corrected chi connectivity index (χ0v) is 18.2. The maximum Gasteiger partial charge on any atom is 0.265 e. The fourth-order valence-corrected chi connectivity index (χ4v) is 4.49. The molecule has 0 bridgehead atoms. The molecular weight excluding hydrogens is 418 g/mol. The van der Waals surface area contributed by atoms with Crippen LogP contribution in [0.4, 0.5) is 11.4 Å². The number of benzene rings is 2. The molecule has 0 radical (unpaired) electrons. The van der Waals surface area contributed by atoms with Crippen molar-refractivity contribution in [3.05, 3.63) is 81.0 Å². The van der Waals surface area contributed by atoms with Crippen LogP contribution in [0.2, 0.25) is 5.02 Å². The maximum absolute atomic E-state index is 12.8. The molecule has 0 unspecified atom stereocenters. The lowest BCUT2D eigenvalue weighted by Crippen LogP contribution is -2.49. The predicted octanol–water partition coefficient (Wildman–Crippen LogP) is 4.92. The van der Waals surface area contributed by atoms with Crippen molar-refractivity contribution in [2.75, 3.05) is 36.4 Å². The molecule has 30 heavy (non-hydrogen) atoms. The van der Waals surface area contributed by atoms with E-state index in [1.165, 1.54) is 11.3 Å². The molecule has 2 amide bonds. The molecule has 1 fully saturated rings. The number of carbonyl (C=O) groups excluding carboxylic acids is 2. The predicted molar refractivity (Wildman–Crippen MR) is 123 cm³/mol. The zero-order chi connectivity index (χ0) is 21.1. The summed E-state index contributed by atoms with van der Waals surface area (Å²) in [5.74, 6) is -0.0670. The third-order valence-corrected chi connectivity index (χ3v) is 6.40. The van der Waals surface area contributed by atoms with Gasteiger partial charge in [0.05, 0.1) is 15.6 Å². The summed E-state index contributed by atoms with van der Waals surface area (Å²) in [5.41, 5.74) is 3.33. The summed E-state index contributed by atoms with van der Waals surface area (Å²) in [6.07, 6.45) is 0. The van der Waals surface area contributed by atoms with Crippen molar-refractivity contribution in [3.8, 4) is 0 Å². The van der Waals surface area contributed by atoms with Gasteiger partial charge in [0.15, 0.2) is 0 Å². The number of hydrogen-bond donors (Lipinski definition) is 1. The smallest absolute Gasteiger partial charge is 0.265 e. The Kier molecular flexibility index (Phi) is 6.06. The number of nitrogens with zero attached hydrogens (tertiary/aromatic N) is 2. The molecule has 0 spiro atoms. The largest absolute Gasteiger partial charge is 0.367 e. The second-order valence-corrected chi connectivity index (χ2v) is 8.55. The highest BCUT2D eigenvalue weighted by molar-refractivity contribution is 7.12. The lowest BCUT2D eigenvalue weighted by molar-refractivity contribution is 0.0746. The van der Waals surface area contributed by atoms with Crippen molar-refractivity contribution in [2.24, 2.45) is 0 Å². The quantitative estimate of drug-likeness (QED) is 0.627. The van der Waals surface area contributed by atoms with Crippen LogP contribution in [0.25, 0.3) is 0 Å². The first-order chi connectivity index (χ1) is 14.5. The molecule has 0 aliphatic carbocycles. The molecule has 0 atom stereocenters. The molecule has 3 aromatic rings. The van der Waals surface area contributed by atoms with Crippen molar-refractivity contribution < 1.29 is 9.59 Å². The molecule has 1 saturated heterocycles. The minimum atomic E-state index is -0.142. The topological polar surface area (TPSA) is 52.7 Å². The van der Waals surface area contributed by atoms with Gasteiger partial charge in [-0.3, -0.25) is 9.59 Å². The van der Waals surface area contributed by atoms with E-state index >= 15 is 0 Å². The summed E-state index contributed by atoms with van der Waals surface area (Å²) in [6.45, 7) is 4.65. The lowest BCUT2D eigenvalue weighted by Gasteiger charge is -2.36. The number of rotatable bonds is 4. The molecule has 0 saturated carbocycles. The van der Waals surface area contributed by atoms with Crippen LogP contribution in [0.15, 0.2) is 60.0 Å². The molecule has 2 heterocycles. The molecule has 1 aliphatic rings. The highest BCUT2D eigenvalue weighted by Gasteiger charge is 2.24. The number of thiophene rings is 1. The van der Waals surface area contributed by atoms with E-state index in [9.17, 15) is 9.59 Å². The zero-order valence-electron chi connectivity index (χ0n) is 16.6. The Morgan fingerprint density at radius 2 is 1.77 bits per heavy atom. The average molecular weight is 440 g/mol. The fourth-order valence-electron chi connectivity index (χ4n) is 3.58. The summed E-state index contributed by atoms with van der Waals surface area (Å²) in [7, 11) is 0. The van der Waals surface area contributed by atoms with Gasteiger partial charge in [-0.2, -0.15) is 0 Å². The molecule has 1 aliphatic heterocycles. The van der Waals surface area contributed by atoms with Gasteiger partial charge in [-0.15, -0.1) is 11.3 Å². The van der Waals surface area contributed by atoms with Crippen LogP contribution in [0.1, 0.15) is 25.6 Å². The van der Waals surface area contributed by atoms with Gasteiger partial charge in [-0.05, 0) is 48.2 Å². The lowest BCUT2D eigenvalue weighted by atomic mass is 10.1. The van der Waals surface area contributed by atoms with Gasteiger partial charge in [0.25, 0.3) is 11.8 Å². The summed E-state index contributed by atoms with van der Waals surface area (Å²) in [4.78, 5) is 29.8. The Morgan fingerprint density at radius 1 is 1.00 bits per heavy atom. The third-order valence-electron chi connectivity index (χ3n) is 5.23. The van der Waals surface area contributed by atoms with Crippen LogP contribution in [-0.2, 0) is 0 Å². The molecular formula is C23H22ClN3O2S. The first-order valence-electron chi connectivity index (χ1n) is 9.77. The normalized spacial score (nSPS) is 13.9. The van der Waals surface area contributed by atoms with E-state index in [1.807, 2.05) is 59.7 Å². The van der Waals surface area contributed by atoms with E-state index in [4.69, 9.17) is 11.6 Å². The van der Waals surface area contributed by atoms with Crippen molar-refractivity contribution in [3.63, 3.8) is 0 Å². The first-order valence-corrected chi connectivity index (χ1v) is 11.0. The summed E-state index contributed by atoms with van der Waals surface area (Å²) >= 11 is 7.91. The van der Waals surface area contributed by atoms with Crippen molar-refractivity contribution in [2.45, 2.75) is 6.92 Å². The first kappa shape index (κ1) is 20.4. The number of nitrogens with one attached hydrogen (secondary N) is 1. The Bertz CT molecular complexity index is 1060. The average Bonchev–Trinajstić information content (AvgIpc) is 3.29.